The first-order valence-electron chi connectivity index (χ1n) is 18.4. The van der Waals surface area contributed by atoms with Gasteiger partial charge in [0.05, 0.1) is 0 Å². The number of para-hydroxylation sites is 1. The van der Waals surface area contributed by atoms with Gasteiger partial charge in [-0.1, -0.05) is 164 Å². The van der Waals surface area contributed by atoms with Crippen LogP contribution in [0.5, 0.6) is 0 Å². The van der Waals surface area contributed by atoms with Gasteiger partial charge in [0.25, 0.3) is 0 Å². The van der Waals surface area contributed by atoms with Crippen LogP contribution in [0.3, 0.4) is 0 Å². The highest BCUT2D eigenvalue weighted by atomic mass is 16.3. The highest BCUT2D eigenvalue weighted by molar-refractivity contribution is 6.18. The summed E-state index contributed by atoms with van der Waals surface area (Å²) >= 11 is 0. The largest absolute Gasteiger partial charge is 0.456 e. The number of rotatable bonds is 7. The number of benzene rings is 9. The third kappa shape index (κ3) is 5.62. The van der Waals surface area contributed by atoms with Gasteiger partial charge >= 0.3 is 0 Å². The van der Waals surface area contributed by atoms with E-state index in [0.717, 1.165) is 44.6 Å². The maximum atomic E-state index is 6.43. The molecule has 0 saturated heterocycles. The predicted octanol–water partition coefficient (Wildman–Crippen LogP) is 14.9. The van der Waals surface area contributed by atoms with Crippen LogP contribution in [0.1, 0.15) is 0 Å². The molecule has 0 aliphatic rings. The first-order valence-corrected chi connectivity index (χ1v) is 18.4. The van der Waals surface area contributed by atoms with Crippen molar-refractivity contribution in [1.29, 1.82) is 0 Å². The Balaban J connectivity index is 1.11. The summed E-state index contributed by atoms with van der Waals surface area (Å²) in [5.41, 5.74) is 14.6. The maximum Gasteiger partial charge on any atom is 0.136 e. The third-order valence-corrected chi connectivity index (χ3v) is 10.5. The van der Waals surface area contributed by atoms with Crippen LogP contribution in [0, 0.1) is 0 Å². The van der Waals surface area contributed by atoms with Crippen LogP contribution in [-0.2, 0) is 0 Å². The van der Waals surface area contributed by atoms with Gasteiger partial charge in [-0.15, -0.1) is 0 Å². The normalized spacial score (nSPS) is 11.3. The molecular formula is C52H35NO. The standard InChI is InChI=1S/C52H35NO/c1-3-12-36(13-4-1)38-22-28-42(29-23-38)53(43-30-24-39(25-31-43)37-14-5-2-6-15-37)44-32-26-41(27-33-44)46-34-35-50-52(48-19-9-10-21-49(48)54-50)51(46)47-20-11-17-40-16-7-8-18-45(40)47/h1-35H. The second kappa shape index (κ2) is 13.4. The van der Waals surface area contributed by atoms with Gasteiger partial charge in [0.1, 0.15) is 11.2 Å². The minimum Gasteiger partial charge on any atom is -0.456 e. The minimum atomic E-state index is 0.892. The number of anilines is 3. The Morgan fingerprint density at radius 2 is 0.778 bits per heavy atom. The lowest BCUT2D eigenvalue weighted by molar-refractivity contribution is 0.669. The monoisotopic (exact) mass is 689 g/mol. The summed E-state index contributed by atoms with van der Waals surface area (Å²) in [4.78, 5) is 2.34. The summed E-state index contributed by atoms with van der Waals surface area (Å²) < 4.78 is 6.43. The Hall–Kier alpha value is -7.16. The fraction of sp³-hybridized carbons (Fsp3) is 0. The molecule has 0 radical (unpaired) electrons. The van der Waals surface area contributed by atoms with Gasteiger partial charge in [-0.2, -0.15) is 0 Å². The lowest BCUT2D eigenvalue weighted by Crippen LogP contribution is -2.09. The van der Waals surface area contributed by atoms with Crippen LogP contribution in [-0.4, -0.2) is 0 Å². The average Bonchev–Trinajstić information content (AvgIpc) is 3.64. The van der Waals surface area contributed by atoms with Crippen LogP contribution in [0.25, 0.3) is 77.2 Å². The second-order valence-electron chi connectivity index (χ2n) is 13.7. The van der Waals surface area contributed by atoms with E-state index in [4.69, 9.17) is 4.42 Å². The third-order valence-electron chi connectivity index (χ3n) is 10.5. The van der Waals surface area contributed by atoms with E-state index in [-0.39, 0.29) is 0 Å². The zero-order valence-corrected chi connectivity index (χ0v) is 29.6. The second-order valence-corrected chi connectivity index (χ2v) is 13.7. The molecular weight excluding hydrogens is 655 g/mol. The topological polar surface area (TPSA) is 16.4 Å². The molecule has 0 aliphatic carbocycles. The molecule has 1 heterocycles. The average molecular weight is 690 g/mol. The SMILES string of the molecule is c1ccc(-c2ccc(N(c3ccc(-c4ccccc4)cc3)c3ccc(-c4ccc5oc6ccccc6c5c4-c4cccc5ccccc45)cc3)cc2)cc1. The molecule has 0 atom stereocenters. The minimum absolute atomic E-state index is 0.892. The van der Waals surface area contributed by atoms with Crippen molar-refractivity contribution in [2.24, 2.45) is 0 Å². The van der Waals surface area contributed by atoms with Gasteiger partial charge < -0.3 is 9.32 Å². The molecule has 2 nitrogen and oxygen atoms in total. The van der Waals surface area contributed by atoms with Crippen molar-refractivity contribution in [3.8, 4) is 44.5 Å². The van der Waals surface area contributed by atoms with Crippen LogP contribution in [0.4, 0.5) is 17.1 Å². The van der Waals surface area contributed by atoms with Gasteiger partial charge in [0.15, 0.2) is 0 Å². The quantitative estimate of drug-likeness (QED) is 0.166. The summed E-state index contributed by atoms with van der Waals surface area (Å²) in [7, 11) is 0. The highest BCUT2D eigenvalue weighted by Crippen LogP contribution is 2.46. The van der Waals surface area contributed by atoms with E-state index in [0.29, 0.717) is 0 Å². The first kappa shape index (κ1) is 31.6. The summed E-state index contributed by atoms with van der Waals surface area (Å²) in [5.74, 6) is 0. The number of hydrogen-bond donors (Lipinski definition) is 0. The zero-order chi connectivity index (χ0) is 35.8. The van der Waals surface area contributed by atoms with E-state index in [1.54, 1.807) is 0 Å². The van der Waals surface area contributed by atoms with Crippen molar-refractivity contribution >= 4 is 49.8 Å². The molecule has 9 aromatic carbocycles. The summed E-state index contributed by atoms with van der Waals surface area (Å²) in [6, 6.07) is 75.8. The van der Waals surface area contributed by atoms with E-state index in [2.05, 4.69) is 211 Å². The molecule has 2 heteroatoms. The Labute approximate surface area is 314 Å². The number of fused-ring (bicyclic) bond motifs is 4. The lowest BCUT2D eigenvalue weighted by Gasteiger charge is -2.26. The molecule has 0 aliphatic heterocycles. The zero-order valence-electron chi connectivity index (χ0n) is 29.6. The molecule has 254 valence electrons. The van der Waals surface area contributed by atoms with Crippen LogP contribution in [0.15, 0.2) is 217 Å². The van der Waals surface area contributed by atoms with Crippen molar-refractivity contribution in [2.45, 2.75) is 0 Å². The molecule has 10 aromatic rings. The fourth-order valence-corrected chi connectivity index (χ4v) is 7.88. The van der Waals surface area contributed by atoms with Gasteiger partial charge in [0, 0.05) is 33.4 Å². The molecule has 0 bridgehead atoms. The number of nitrogens with zero attached hydrogens (tertiary/aromatic N) is 1. The van der Waals surface area contributed by atoms with E-state index in [1.807, 2.05) is 6.07 Å². The maximum absolute atomic E-state index is 6.43. The van der Waals surface area contributed by atoms with Gasteiger partial charge in [-0.05, 0) is 98.2 Å². The van der Waals surface area contributed by atoms with Crippen LogP contribution >= 0.6 is 0 Å². The predicted molar refractivity (Wildman–Crippen MR) is 228 cm³/mol. The Morgan fingerprint density at radius 1 is 0.296 bits per heavy atom. The summed E-state index contributed by atoms with van der Waals surface area (Å²) in [6.07, 6.45) is 0. The number of hydrogen-bond acceptors (Lipinski definition) is 2. The lowest BCUT2D eigenvalue weighted by atomic mass is 9.88. The fourth-order valence-electron chi connectivity index (χ4n) is 7.88. The van der Waals surface area contributed by atoms with Gasteiger partial charge in [-0.3, -0.25) is 0 Å². The van der Waals surface area contributed by atoms with Crippen molar-refractivity contribution in [3.63, 3.8) is 0 Å². The molecule has 0 saturated carbocycles. The molecule has 0 fully saturated rings. The molecule has 10 rings (SSSR count). The van der Waals surface area contributed by atoms with Gasteiger partial charge in [0.2, 0.25) is 0 Å². The molecule has 1 aromatic heterocycles. The Morgan fingerprint density at radius 3 is 1.39 bits per heavy atom. The van der Waals surface area contributed by atoms with Crippen molar-refractivity contribution < 1.29 is 4.42 Å². The van der Waals surface area contributed by atoms with E-state index >= 15 is 0 Å². The van der Waals surface area contributed by atoms with Crippen molar-refractivity contribution in [2.75, 3.05) is 4.90 Å². The van der Waals surface area contributed by atoms with E-state index in [9.17, 15) is 0 Å². The summed E-state index contributed by atoms with van der Waals surface area (Å²) in [6.45, 7) is 0. The smallest absolute Gasteiger partial charge is 0.136 e. The highest BCUT2D eigenvalue weighted by Gasteiger charge is 2.20. The Bertz CT molecular complexity index is 2800. The van der Waals surface area contributed by atoms with E-state index in [1.165, 1.54) is 49.7 Å². The Kier molecular flexibility index (Phi) is 7.85. The van der Waals surface area contributed by atoms with E-state index < -0.39 is 0 Å². The molecule has 0 spiro atoms. The van der Waals surface area contributed by atoms with Crippen molar-refractivity contribution in [3.05, 3.63) is 212 Å². The molecule has 0 amide bonds. The first-order chi connectivity index (χ1) is 26.8. The van der Waals surface area contributed by atoms with Crippen LogP contribution < -0.4 is 4.90 Å². The van der Waals surface area contributed by atoms with Crippen molar-refractivity contribution in [1.82, 2.24) is 0 Å². The number of furan rings is 1. The molecule has 0 unspecified atom stereocenters. The van der Waals surface area contributed by atoms with Gasteiger partial charge in [-0.25, -0.2) is 0 Å². The van der Waals surface area contributed by atoms with Crippen LogP contribution in [0.2, 0.25) is 0 Å². The summed E-state index contributed by atoms with van der Waals surface area (Å²) in [5, 5.41) is 4.70. The molecule has 0 N–H and O–H groups in total. The molecule has 54 heavy (non-hydrogen) atoms.